The third-order valence-corrected chi connectivity index (χ3v) is 5.14. The van der Waals surface area contributed by atoms with Crippen LogP contribution in [0.2, 0.25) is 0 Å². The Bertz CT molecular complexity index is 847. The van der Waals surface area contributed by atoms with Crippen molar-refractivity contribution in [2.75, 3.05) is 6.61 Å². The summed E-state index contributed by atoms with van der Waals surface area (Å²) in [6, 6.07) is 9.06. The highest BCUT2D eigenvalue weighted by Gasteiger charge is 2.21. The first-order valence-corrected chi connectivity index (χ1v) is 9.82. The quantitative estimate of drug-likeness (QED) is 0.356. The highest BCUT2D eigenvalue weighted by molar-refractivity contribution is 5.34. The van der Waals surface area contributed by atoms with E-state index in [1.54, 1.807) is 0 Å². The molecular formula is C23H24F3NO. The first kappa shape index (κ1) is 20.3. The highest BCUT2D eigenvalue weighted by atomic mass is 19.2. The summed E-state index contributed by atoms with van der Waals surface area (Å²) in [5.74, 6) is 3.43. The van der Waals surface area contributed by atoms with E-state index < -0.39 is 17.7 Å². The lowest BCUT2D eigenvalue weighted by atomic mass is 9.79. The maximum absolute atomic E-state index is 13.6. The molecule has 0 saturated heterocycles. The molecule has 0 amide bonds. The molecule has 0 spiro atoms. The van der Waals surface area contributed by atoms with E-state index in [1.165, 1.54) is 5.56 Å². The van der Waals surface area contributed by atoms with Crippen LogP contribution in [0, 0.1) is 35.5 Å². The Hall–Kier alpha value is -2.48. The molecule has 0 unspecified atom stereocenters. The zero-order valence-electron chi connectivity index (χ0n) is 16.0. The third-order valence-electron chi connectivity index (χ3n) is 5.14. The van der Waals surface area contributed by atoms with Gasteiger partial charge in [-0.25, -0.2) is 4.39 Å². The fraction of sp³-hybridized carbons (Fsp3) is 0.435. The number of rotatable bonds is 5. The minimum Gasteiger partial charge on any atom is -0.494 e. The van der Waals surface area contributed by atoms with Gasteiger partial charge in [-0.3, -0.25) is 0 Å². The predicted molar refractivity (Wildman–Crippen MR) is 103 cm³/mol. The molecule has 0 atom stereocenters. The van der Waals surface area contributed by atoms with E-state index in [0.717, 1.165) is 56.9 Å². The average molecular weight is 387 g/mol. The molecular weight excluding hydrogens is 363 g/mol. The monoisotopic (exact) mass is 387 g/mol. The normalized spacial score (nSPS) is 19.0. The van der Waals surface area contributed by atoms with Gasteiger partial charge in [0.1, 0.15) is 5.75 Å². The lowest BCUT2D eigenvalue weighted by Crippen LogP contribution is -2.12. The Morgan fingerprint density at radius 1 is 1.04 bits per heavy atom. The lowest BCUT2D eigenvalue weighted by molar-refractivity contribution is 0.309. The van der Waals surface area contributed by atoms with Crippen LogP contribution in [-0.2, 0) is 0 Å². The van der Waals surface area contributed by atoms with E-state index in [0.29, 0.717) is 5.92 Å². The first-order valence-electron chi connectivity index (χ1n) is 9.82. The maximum Gasteiger partial charge on any atom is 0.251 e. The zero-order chi connectivity index (χ0) is 19.9. The standard InChI is InChI=1S/C23H24F3NO/c1-2-3-14-28-20-12-10-18(11-13-20)17-7-4-16(5-8-17)6-9-19-15-21(24)23(26)27-22(19)25/h10-13,15-17H,2-5,7-8,14H2,1H3. The highest BCUT2D eigenvalue weighted by Crippen LogP contribution is 2.36. The summed E-state index contributed by atoms with van der Waals surface area (Å²) in [4.78, 5) is 2.90. The lowest BCUT2D eigenvalue weighted by Gasteiger charge is -2.26. The fourth-order valence-electron chi connectivity index (χ4n) is 3.45. The summed E-state index contributed by atoms with van der Waals surface area (Å²) < 4.78 is 45.3. The summed E-state index contributed by atoms with van der Waals surface area (Å²) in [6.07, 6.45) is 5.94. The maximum atomic E-state index is 13.6. The summed E-state index contributed by atoms with van der Waals surface area (Å²) >= 11 is 0. The van der Waals surface area contributed by atoms with Crippen molar-refractivity contribution in [3.63, 3.8) is 0 Å². The number of ether oxygens (including phenoxy) is 1. The summed E-state index contributed by atoms with van der Waals surface area (Å²) in [7, 11) is 0. The second-order valence-electron chi connectivity index (χ2n) is 7.19. The van der Waals surface area contributed by atoms with Crippen molar-refractivity contribution >= 4 is 0 Å². The van der Waals surface area contributed by atoms with E-state index in [2.05, 4.69) is 35.9 Å². The van der Waals surface area contributed by atoms with Crippen LogP contribution in [0.3, 0.4) is 0 Å². The van der Waals surface area contributed by atoms with Crippen LogP contribution in [0.1, 0.15) is 62.5 Å². The van der Waals surface area contributed by atoms with Crippen molar-refractivity contribution in [1.29, 1.82) is 0 Å². The van der Waals surface area contributed by atoms with E-state index in [4.69, 9.17) is 4.74 Å². The molecule has 0 N–H and O–H groups in total. The molecule has 1 aliphatic rings. The second kappa shape index (κ2) is 9.64. The zero-order valence-corrected chi connectivity index (χ0v) is 16.0. The van der Waals surface area contributed by atoms with Crippen molar-refractivity contribution < 1.29 is 17.9 Å². The summed E-state index contributed by atoms with van der Waals surface area (Å²) in [5.41, 5.74) is 1.10. The summed E-state index contributed by atoms with van der Waals surface area (Å²) in [5, 5.41) is 0. The molecule has 1 heterocycles. The fourth-order valence-corrected chi connectivity index (χ4v) is 3.45. The Morgan fingerprint density at radius 3 is 2.43 bits per heavy atom. The topological polar surface area (TPSA) is 22.1 Å². The number of hydrogen-bond donors (Lipinski definition) is 0. The van der Waals surface area contributed by atoms with Gasteiger partial charge in [-0.05, 0) is 61.8 Å². The van der Waals surface area contributed by atoms with Crippen molar-refractivity contribution in [3.8, 4) is 17.6 Å². The number of benzene rings is 1. The molecule has 148 valence electrons. The molecule has 1 fully saturated rings. The van der Waals surface area contributed by atoms with E-state index in [-0.39, 0.29) is 11.5 Å². The number of pyridine rings is 1. The van der Waals surface area contributed by atoms with Crippen LogP contribution in [-0.4, -0.2) is 11.6 Å². The van der Waals surface area contributed by atoms with Crippen molar-refractivity contribution in [2.24, 2.45) is 5.92 Å². The van der Waals surface area contributed by atoms with Crippen LogP contribution in [0.5, 0.6) is 5.75 Å². The number of nitrogens with zero attached hydrogens (tertiary/aromatic N) is 1. The van der Waals surface area contributed by atoms with Gasteiger partial charge in [0.05, 0.1) is 12.2 Å². The van der Waals surface area contributed by atoms with Crippen LogP contribution < -0.4 is 4.74 Å². The molecule has 0 aliphatic heterocycles. The molecule has 5 heteroatoms. The molecule has 1 aliphatic carbocycles. The van der Waals surface area contributed by atoms with Gasteiger partial charge in [-0.1, -0.05) is 37.3 Å². The Labute approximate surface area is 164 Å². The molecule has 1 saturated carbocycles. The Kier molecular flexibility index (Phi) is 6.97. The minimum absolute atomic E-state index is 0.125. The predicted octanol–water partition coefficient (Wildman–Crippen LogP) is 6.00. The van der Waals surface area contributed by atoms with E-state index in [9.17, 15) is 13.2 Å². The first-order chi connectivity index (χ1) is 13.6. The number of unbranched alkanes of at least 4 members (excludes halogenated alkanes) is 1. The summed E-state index contributed by atoms with van der Waals surface area (Å²) in [6.45, 7) is 2.88. The van der Waals surface area contributed by atoms with Crippen LogP contribution in [0.4, 0.5) is 13.2 Å². The van der Waals surface area contributed by atoms with Gasteiger partial charge >= 0.3 is 0 Å². The molecule has 3 rings (SSSR count). The van der Waals surface area contributed by atoms with Crippen molar-refractivity contribution in [1.82, 2.24) is 4.98 Å². The molecule has 0 radical (unpaired) electrons. The third kappa shape index (κ3) is 5.28. The van der Waals surface area contributed by atoms with Gasteiger partial charge in [0.25, 0.3) is 5.95 Å². The Morgan fingerprint density at radius 2 is 1.75 bits per heavy atom. The smallest absolute Gasteiger partial charge is 0.251 e. The van der Waals surface area contributed by atoms with Gasteiger partial charge in [0.2, 0.25) is 5.95 Å². The van der Waals surface area contributed by atoms with Crippen molar-refractivity contribution in [3.05, 3.63) is 59.2 Å². The van der Waals surface area contributed by atoms with Gasteiger partial charge in [-0.15, -0.1) is 0 Å². The molecule has 2 nitrogen and oxygen atoms in total. The average Bonchev–Trinajstić information content (AvgIpc) is 2.71. The molecule has 28 heavy (non-hydrogen) atoms. The Balaban J connectivity index is 1.54. The SMILES string of the molecule is CCCCOc1ccc(C2CCC(C#Cc3cc(F)c(F)nc3F)CC2)cc1. The molecule has 1 aromatic carbocycles. The minimum atomic E-state index is -1.44. The van der Waals surface area contributed by atoms with Crippen LogP contribution in [0.25, 0.3) is 0 Å². The number of aromatic nitrogens is 1. The number of hydrogen-bond acceptors (Lipinski definition) is 2. The second-order valence-corrected chi connectivity index (χ2v) is 7.19. The van der Waals surface area contributed by atoms with Gasteiger partial charge in [0, 0.05) is 5.92 Å². The van der Waals surface area contributed by atoms with E-state index in [1.807, 2.05) is 12.1 Å². The molecule has 1 aromatic heterocycles. The van der Waals surface area contributed by atoms with Crippen molar-refractivity contribution in [2.45, 2.75) is 51.4 Å². The van der Waals surface area contributed by atoms with Crippen LogP contribution >= 0.6 is 0 Å². The number of halogens is 3. The van der Waals surface area contributed by atoms with Gasteiger partial charge < -0.3 is 4.74 Å². The molecule has 0 bridgehead atoms. The largest absolute Gasteiger partial charge is 0.494 e. The van der Waals surface area contributed by atoms with E-state index >= 15 is 0 Å². The molecule has 2 aromatic rings. The van der Waals surface area contributed by atoms with Crippen LogP contribution in [0.15, 0.2) is 30.3 Å². The van der Waals surface area contributed by atoms with Gasteiger partial charge in [0.15, 0.2) is 5.82 Å². The van der Waals surface area contributed by atoms with Gasteiger partial charge in [-0.2, -0.15) is 13.8 Å².